The van der Waals surface area contributed by atoms with E-state index in [0.29, 0.717) is 47.1 Å². The Morgan fingerprint density at radius 3 is 1.98 bits per heavy atom. The van der Waals surface area contributed by atoms with Crippen LogP contribution in [0.2, 0.25) is 5.15 Å². The molecule has 11 nitrogen and oxygen atoms in total. The highest BCUT2D eigenvalue weighted by Crippen LogP contribution is 2.43. The molecule has 0 bridgehead atoms. The summed E-state index contributed by atoms with van der Waals surface area (Å²) in [6.45, 7) is 2.37. The first kappa shape index (κ1) is 42.2. The summed E-state index contributed by atoms with van der Waals surface area (Å²) in [6, 6.07) is 51.0. The lowest BCUT2D eigenvalue weighted by atomic mass is 9.77. The molecule has 318 valence electrons. The Morgan fingerprint density at radius 2 is 1.38 bits per heavy atom. The number of carbonyl (C=O) groups excluding carboxylic acids is 2. The fourth-order valence-corrected chi connectivity index (χ4v) is 9.01. The molecule has 0 saturated heterocycles. The van der Waals surface area contributed by atoms with Crippen molar-refractivity contribution in [1.82, 2.24) is 29.8 Å². The Hall–Kier alpha value is -7.15. The molecule has 2 N–H and O–H groups in total. The first-order chi connectivity index (χ1) is 31.3. The maximum atomic E-state index is 13.7. The number of nitrogens with two attached hydrogens (primary N) is 1. The van der Waals surface area contributed by atoms with Gasteiger partial charge in [0.2, 0.25) is 11.7 Å². The zero-order valence-electron chi connectivity index (χ0n) is 34.7. The fraction of sp³-hybridized carbons (Fsp3) is 0.137. The number of furan rings is 1. The van der Waals surface area contributed by atoms with Crippen molar-refractivity contribution >= 4 is 50.4 Å². The SMILES string of the molecule is CCCCc1nc(Cl)c(C(=O)OCc2ccc(C(N)=O)cc2)n1Cc1ccc2oc(-c3ccccc3-c3nnn(C(c4ccccc4)(c4ccccc4)c4ccccc4)n3)c(Br)c2c1. The molecule has 0 aliphatic heterocycles. The maximum absolute atomic E-state index is 13.7. The predicted molar refractivity (Wildman–Crippen MR) is 250 cm³/mol. The monoisotopic (exact) mass is 929 g/mol. The molecular formula is C51H41BrClN7O4. The Kier molecular flexibility index (Phi) is 12.0. The van der Waals surface area contributed by atoms with Gasteiger partial charge in [0, 0.05) is 35.0 Å². The third kappa shape index (κ3) is 8.02. The lowest BCUT2D eigenvalue weighted by molar-refractivity contribution is 0.0460. The summed E-state index contributed by atoms with van der Waals surface area (Å²) < 4.78 is 14.9. The van der Waals surface area contributed by atoms with Gasteiger partial charge in [-0.2, -0.15) is 0 Å². The van der Waals surface area contributed by atoms with Crippen molar-refractivity contribution in [2.24, 2.45) is 5.73 Å². The van der Waals surface area contributed by atoms with Crippen molar-refractivity contribution in [3.05, 3.63) is 212 Å². The number of carbonyl (C=O) groups is 2. The van der Waals surface area contributed by atoms with Gasteiger partial charge >= 0.3 is 5.97 Å². The van der Waals surface area contributed by atoms with Crippen molar-refractivity contribution in [2.45, 2.75) is 44.9 Å². The Bertz CT molecular complexity index is 3000. The lowest BCUT2D eigenvalue weighted by Gasteiger charge is -2.34. The maximum Gasteiger partial charge on any atom is 0.358 e. The second-order valence-corrected chi connectivity index (χ2v) is 16.5. The summed E-state index contributed by atoms with van der Waals surface area (Å²) >= 11 is 10.6. The van der Waals surface area contributed by atoms with E-state index in [-0.39, 0.29) is 17.5 Å². The van der Waals surface area contributed by atoms with Gasteiger partial charge in [0.15, 0.2) is 16.4 Å². The standard InChI is InChI=1S/C51H41BrClN7O4/c1-2-3-23-43-55-47(53)45(50(62)63-32-33-24-27-35(28-25-33)48(54)61)59(43)31-34-26-29-42-41(30-34)44(52)46(64-42)39-21-13-14-22-40(39)49-56-58-60(57-49)51(36-15-7-4-8-16-36,37-17-9-5-10-18-37)38-19-11-6-12-20-38/h4-22,24-30H,2-3,23,31-32H2,1H3,(H2,54,61). The zero-order valence-corrected chi connectivity index (χ0v) is 37.0. The van der Waals surface area contributed by atoms with Crippen molar-refractivity contribution in [1.29, 1.82) is 0 Å². The summed E-state index contributed by atoms with van der Waals surface area (Å²) in [5.74, 6) is 0.564. The smallest absolute Gasteiger partial charge is 0.358 e. The molecular weight excluding hydrogens is 890 g/mol. The minimum atomic E-state index is -0.938. The van der Waals surface area contributed by atoms with E-state index >= 15 is 0 Å². The van der Waals surface area contributed by atoms with Crippen LogP contribution in [-0.2, 0) is 29.8 Å². The molecule has 0 atom stereocenters. The third-order valence-corrected chi connectivity index (χ3v) is 12.3. The van der Waals surface area contributed by atoms with Crippen LogP contribution in [-0.4, -0.2) is 41.6 Å². The molecule has 13 heteroatoms. The van der Waals surface area contributed by atoms with E-state index in [4.69, 9.17) is 41.9 Å². The summed E-state index contributed by atoms with van der Waals surface area (Å²) in [7, 11) is 0. The second kappa shape index (κ2) is 18.3. The first-order valence-electron chi connectivity index (χ1n) is 20.8. The number of halogens is 2. The van der Waals surface area contributed by atoms with E-state index < -0.39 is 17.4 Å². The molecule has 9 rings (SSSR count). The topological polar surface area (TPSA) is 144 Å². The molecule has 1 amide bonds. The van der Waals surface area contributed by atoms with Gasteiger partial charge in [-0.1, -0.05) is 158 Å². The van der Waals surface area contributed by atoms with Gasteiger partial charge < -0.3 is 19.5 Å². The van der Waals surface area contributed by atoms with Crippen LogP contribution in [0.3, 0.4) is 0 Å². The predicted octanol–water partition coefficient (Wildman–Crippen LogP) is 11.1. The molecule has 6 aromatic carbocycles. The number of nitrogens with zero attached hydrogens (tertiary/aromatic N) is 6. The number of hydrogen-bond donors (Lipinski definition) is 1. The largest absolute Gasteiger partial charge is 0.456 e. The van der Waals surface area contributed by atoms with E-state index in [0.717, 1.165) is 56.1 Å². The average molecular weight is 931 g/mol. The first-order valence-corrected chi connectivity index (χ1v) is 22.0. The molecule has 0 saturated carbocycles. The highest BCUT2D eigenvalue weighted by Gasteiger charge is 2.41. The van der Waals surface area contributed by atoms with Crippen molar-refractivity contribution < 1.29 is 18.7 Å². The van der Waals surface area contributed by atoms with E-state index in [1.165, 1.54) is 0 Å². The van der Waals surface area contributed by atoms with Crippen LogP contribution in [0, 0.1) is 0 Å². The normalized spacial score (nSPS) is 11.5. The molecule has 9 aromatic rings. The van der Waals surface area contributed by atoms with Gasteiger partial charge in [0.25, 0.3) is 0 Å². The molecule has 64 heavy (non-hydrogen) atoms. The van der Waals surface area contributed by atoms with E-state index in [1.54, 1.807) is 29.1 Å². The fourth-order valence-electron chi connectivity index (χ4n) is 8.13. The number of esters is 1. The molecule has 3 aromatic heterocycles. The molecule has 0 radical (unpaired) electrons. The van der Waals surface area contributed by atoms with E-state index in [1.807, 2.05) is 102 Å². The van der Waals surface area contributed by atoms with Crippen LogP contribution in [0.1, 0.15) is 74.3 Å². The van der Waals surface area contributed by atoms with Gasteiger partial charge in [-0.15, -0.1) is 15.0 Å². The van der Waals surface area contributed by atoms with E-state index in [2.05, 4.69) is 64.2 Å². The molecule has 3 heterocycles. The summed E-state index contributed by atoms with van der Waals surface area (Å²) in [4.78, 5) is 31.5. The number of fused-ring (bicyclic) bond motifs is 1. The van der Waals surface area contributed by atoms with Crippen LogP contribution in [0.5, 0.6) is 0 Å². The average Bonchev–Trinajstić information content (AvgIpc) is 4.04. The number of hydrogen-bond acceptors (Lipinski definition) is 8. The van der Waals surface area contributed by atoms with Crippen molar-refractivity contribution in [3.8, 4) is 22.7 Å². The Balaban J connectivity index is 1.06. The number of aromatic nitrogens is 6. The molecule has 0 unspecified atom stereocenters. The number of amides is 1. The van der Waals surface area contributed by atoms with Crippen LogP contribution in [0.4, 0.5) is 0 Å². The zero-order chi connectivity index (χ0) is 44.2. The Morgan fingerprint density at radius 1 is 0.781 bits per heavy atom. The lowest BCUT2D eigenvalue weighted by Crippen LogP contribution is -2.39. The minimum absolute atomic E-state index is 0.0262. The highest BCUT2D eigenvalue weighted by atomic mass is 79.9. The number of unbranched alkanes of at least 4 members (excludes halogenated alkanes) is 1. The van der Waals surface area contributed by atoms with Gasteiger partial charge in [0.05, 0.1) is 4.47 Å². The van der Waals surface area contributed by atoms with Crippen LogP contribution in [0.25, 0.3) is 33.7 Å². The molecule has 0 fully saturated rings. The second-order valence-electron chi connectivity index (χ2n) is 15.3. The number of ether oxygens (including phenoxy) is 1. The van der Waals surface area contributed by atoms with Crippen LogP contribution < -0.4 is 5.73 Å². The quantitative estimate of drug-likeness (QED) is 0.0790. The minimum Gasteiger partial charge on any atom is -0.456 e. The summed E-state index contributed by atoms with van der Waals surface area (Å²) in [5.41, 5.74) is 11.7. The number of imidazole rings is 1. The number of primary amides is 1. The van der Waals surface area contributed by atoms with Gasteiger partial charge in [0.1, 0.15) is 23.8 Å². The number of tetrazole rings is 1. The van der Waals surface area contributed by atoms with E-state index in [9.17, 15) is 9.59 Å². The highest BCUT2D eigenvalue weighted by molar-refractivity contribution is 9.10. The van der Waals surface area contributed by atoms with Crippen molar-refractivity contribution in [3.63, 3.8) is 0 Å². The third-order valence-electron chi connectivity index (χ3n) is 11.3. The number of aryl methyl sites for hydroxylation is 1. The molecule has 0 aliphatic carbocycles. The van der Waals surface area contributed by atoms with Gasteiger partial charge in [-0.05, 0) is 79.6 Å². The van der Waals surface area contributed by atoms with Gasteiger partial charge in [-0.3, -0.25) is 4.79 Å². The Labute approximate surface area is 382 Å². The number of rotatable bonds is 15. The van der Waals surface area contributed by atoms with Crippen molar-refractivity contribution in [2.75, 3.05) is 0 Å². The summed E-state index contributed by atoms with van der Waals surface area (Å²) in [6.07, 6.45) is 2.42. The number of benzene rings is 6. The molecule has 0 spiro atoms. The van der Waals surface area contributed by atoms with Crippen LogP contribution >= 0.6 is 27.5 Å². The van der Waals surface area contributed by atoms with Gasteiger partial charge in [-0.25, -0.2) is 9.78 Å². The van der Waals surface area contributed by atoms with Crippen LogP contribution in [0.15, 0.2) is 167 Å². The molecule has 0 aliphatic rings. The summed E-state index contributed by atoms with van der Waals surface area (Å²) in [5, 5.41) is 15.6.